The van der Waals surface area contributed by atoms with Gasteiger partial charge >= 0.3 is 6.09 Å². The van der Waals surface area contributed by atoms with Crippen LogP contribution in [0.2, 0.25) is 0 Å². The molecular formula is C17H35N3O2. The fourth-order valence-corrected chi connectivity index (χ4v) is 2.73. The number of rotatable bonds is 4. The van der Waals surface area contributed by atoms with Crippen molar-refractivity contribution < 1.29 is 9.53 Å². The highest BCUT2D eigenvalue weighted by atomic mass is 16.6. The van der Waals surface area contributed by atoms with Crippen LogP contribution < -0.4 is 10.6 Å². The molecule has 5 heteroatoms. The predicted octanol–water partition coefficient (Wildman–Crippen LogP) is 2.75. The molecule has 0 bridgehead atoms. The maximum absolute atomic E-state index is 11.6. The van der Waals surface area contributed by atoms with E-state index in [1.807, 2.05) is 20.8 Å². The van der Waals surface area contributed by atoms with Crippen molar-refractivity contribution in [3.05, 3.63) is 0 Å². The quantitative estimate of drug-likeness (QED) is 0.838. The molecule has 22 heavy (non-hydrogen) atoms. The first-order valence-corrected chi connectivity index (χ1v) is 8.45. The standard InChI is InChI=1S/C17H35N3O2/c1-13(12-18-15(21)22-17(5,6)7)19-14-8-10-20(11-9-14)16(2,3)4/h13-14,19H,8-12H2,1-7H3,(H,18,21). The van der Waals surface area contributed by atoms with Crippen molar-refractivity contribution in [1.82, 2.24) is 15.5 Å². The summed E-state index contributed by atoms with van der Waals surface area (Å²) in [6, 6.07) is 0.785. The van der Waals surface area contributed by atoms with Crippen molar-refractivity contribution in [2.75, 3.05) is 19.6 Å². The van der Waals surface area contributed by atoms with Gasteiger partial charge < -0.3 is 15.4 Å². The average Bonchev–Trinajstić information content (AvgIpc) is 2.34. The minimum absolute atomic E-state index is 0.249. The Kier molecular flexibility index (Phi) is 6.68. The summed E-state index contributed by atoms with van der Waals surface area (Å²) in [6.45, 7) is 17.4. The smallest absolute Gasteiger partial charge is 0.407 e. The van der Waals surface area contributed by atoms with Crippen LogP contribution in [-0.4, -0.2) is 53.9 Å². The molecule has 1 fully saturated rings. The predicted molar refractivity (Wildman–Crippen MR) is 91.2 cm³/mol. The van der Waals surface area contributed by atoms with Gasteiger partial charge in [0, 0.05) is 37.3 Å². The Bertz CT molecular complexity index is 350. The van der Waals surface area contributed by atoms with Crippen LogP contribution in [0.15, 0.2) is 0 Å². The van der Waals surface area contributed by atoms with Gasteiger partial charge in [-0.1, -0.05) is 0 Å². The number of hydrogen-bond donors (Lipinski definition) is 2. The number of likely N-dealkylation sites (tertiary alicyclic amines) is 1. The Morgan fingerprint density at radius 2 is 1.73 bits per heavy atom. The Morgan fingerprint density at radius 3 is 2.18 bits per heavy atom. The van der Waals surface area contributed by atoms with Crippen LogP contribution in [0, 0.1) is 0 Å². The number of hydrogen-bond acceptors (Lipinski definition) is 4. The molecule has 1 heterocycles. The molecule has 1 saturated heterocycles. The fraction of sp³-hybridized carbons (Fsp3) is 0.941. The van der Waals surface area contributed by atoms with Crippen molar-refractivity contribution in [2.24, 2.45) is 0 Å². The number of piperidine rings is 1. The Morgan fingerprint density at radius 1 is 1.18 bits per heavy atom. The van der Waals surface area contributed by atoms with Crippen molar-refractivity contribution in [2.45, 2.75) is 84.5 Å². The summed E-state index contributed by atoms with van der Waals surface area (Å²) in [5.41, 5.74) is -0.185. The van der Waals surface area contributed by atoms with Gasteiger partial charge in [-0.2, -0.15) is 0 Å². The van der Waals surface area contributed by atoms with Crippen LogP contribution in [-0.2, 0) is 4.74 Å². The zero-order chi connectivity index (χ0) is 17.0. The van der Waals surface area contributed by atoms with Crippen LogP contribution in [0.4, 0.5) is 4.79 Å². The second-order valence-corrected chi connectivity index (χ2v) is 8.38. The third-order valence-electron chi connectivity index (χ3n) is 3.92. The third kappa shape index (κ3) is 7.45. The summed E-state index contributed by atoms with van der Waals surface area (Å²) in [6.07, 6.45) is 1.98. The molecule has 0 aromatic rings. The zero-order valence-electron chi connectivity index (χ0n) is 15.5. The maximum Gasteiger partial charge on any atom is 0.407 e. The molecular weight excluding hydrogens is 278 g/mol. The van der Waals surface area contributed by atoms with Gasteiger partial charge in [0.05, 0.1) is 0 Å². The second kappa shape index (κ2) is 7.64. The number of ether oxygens (including phenoxy) is 1. The van der Waals surface area contributed by atoms with E-state index < -0.39 is 5.60 Å². The summed E-state index contributed by atoms with van der Waals surface area (Å²) in [5.74, 6) is 0. The first kappa shape index (κ1) is 19.2. The van der Waals surface area contributed by atoms with E-state index in [1.54, 1.807) is 0 Å². The van der Waals surface area contributed by atoms with Gasteiger partial charge in [-0.3, -0.25) is 4.90 Å². The highest BCUT2D eigenvalue weighted by Gasteiger charge is 2.27. The summed E-state index contributed by atoms with van der Waals surface area (Å²) in [4.78, 5) is 14.2. The van der Waals surface area contributed by atoms with Gasteiger partial charge in [-0.05, 0) is 61.3 Å². The van der Waals surface area contributed by atoms with E-state index in [1.165, 1.54) is 0 Å². The number of carbonyl (C=O) groups excluding carboxylic acids is 1. The molecule has 130 valence electrons. The summed E-state index contributed by atoms with van der Waals surface area (Å²) in [5, 5.41) is 6.44. The van der Waals surface area contributed by atoms with Gasteiger partial charge in [0.1, 0.15) is 5.60 Å². The lowest BCUT2D eigenvalue weighted by Crippen LogP contribution is -2.52. The number of alkyl carbamates (subject to hydrolysis) is 1. The molecule has 0 saturated carbocycles. The molecule has 2 N–H and O–H groups in total. The Balaban J connectivity index is 2.24. The first-order chi connectivity index (χ1) is 9.97. The minimum Gasteiger partial charge on any atom is -0.444 e. The molecule has 1 amide bonds. The monoisotopic (exact) mass is 313 g/mol. The van der Waals surface area contributed by atoms with Crippen LogP contribution in [0.3, 0.4) is 0 Å². The number of amides is 1. The molecule has 1 unspecified atom stereocenters. The number of nitrogens with zero attached hydrogens (tertiary/aromatic N) is 1. The van der Waals surface area contributed by atoms with Gasteiger partial charge in [0.15, 0.2) is 0 Å². The first-order valence-electron chi connectivity index (χ1n) is 8.45. The summed E-state index contributed by atoms with van der Waals surface area (Å²) in [7, 11) is 0. The highest BCUT2D eigenvalue weighted by Crippen LogP contribution is 2.20. The minimum atomic E-state index is -0.444. The third-order valence-corrected chi connectivity index (χ3v) is 3.92. The van der Waals surface area contributed by atoms with Crippen LogP contribution in [0.5, 0.6) is 0 Å². The van der Waals surface area contributed by atoms with E-state index in [0.29, 0.717) is 12.6 Å². The maximum atomic E-state index is 11.6. The van der Waals surface area contributed by atoms with Crippen molar-refractivity contribution in [3.63, 3.8) is 0 Å². The van der Waals surface area contributed by atoms with E-state index in [2.05, 4.69) is 43.2 Å². The molecule has 5 nitrogen and oxygen atoms in total. The van der Waals surface area contributed by atoms with E-state index in [9.17, 15) is 4.79 Å². The second-order valence-electron chi connectivity index (χ2n) is 8.38. The molecule has 1 rings (SSSR count). The van der Waals surface area contributed by atoms with Gasteiger partial charge in [-0.15, -0.1) is 0 Å². The summed E-state index contributed by atoms with van der Waals surface area (Å²) < 4.78 is 5.25. The SMILES string of the molecule is CC(CNC(=O)OC(C)(C)C)NC1CCN(C(C)(C)C)CC1. The van der Waals surface area contributed by atoms with E-state index >= 15 is 0 Å². The highest BCUT2D eigenvalue weighted by molar-refractivity contribution is 5.67. The van der Waals surface area contributed by atoms with Crippen molar-refractivity contribution in [3.8, 4) is 0 Å². The molecule has 0 spiro atoms. The van der Waals surface area contributed by atoms with Gasteiger partial charge in [-0.25, -0.2) is 4.79 Å². The topological polar surface area (TPSA) is 53.6 Å². The molecule has 0 aromatic heterocycles. The van der Waals surface area contributed by atoms with Crippen LogP contribution in [0.1, 0.15) is 61.3 Å². The fourth-order valence-electron chi connectivity index (χ4n) is 2.73. The number of nitrogens with one attached hydrogen (secondary N) is 2. The van der Waals surface area contributed by atoms with E-state index in [4.69, 9.17) is 4.74 Å². The van der Waals surface area contributed by atoms with E-state index in [0.717, 1.165) is 25.9 Å². The Hall–Kier alpha value is -0.810. The van der Waals surface area contributed by atoms with Crippen molar-refractivity contribution in [1.29, 1.82) is 0 Å². The van der Waals surface area contributed by atoms with Crippen molar-refractivity contribution >= 4 is 6.09 Å². The molecule has 0 radical (unpaired) electrons. The van der Waals surface area contributed by atoms with Crippen LogP contribution >= 0.6 is 0 Å². The molecule has 1 aliphatic heterocycles. The Labute approximate surface area is 136 Å². The largest absolute Gasteiger partial charge is 0.444 e. The lowest BCUT2D eigenvalue weighted by atomic mass is 9.97. The van der Waals surface area contributed by atoms with Gasteiger partial charge in [0.25, 0.3) is 0 Å². The zero-order valence-corrected chi connectivity index (χ0v) is 15.5. The molecule has 0 aromatic carbocycles. The average molecular weight is 313 g/mol. The van der Waals surface area contributed by atoms with Crippen LogP contribution in [0.25, 0.3) is 0 Å². The normalized spacial score (nSPS) is 19.8. The summed E-state index contributed by atoms with van der Waals surface area (Å²) >= 11 is 0. The molecule has 1 aliphatic rings. The van der Waals surface area contributed by atoms with Gasteiger partial charge in [0.2, 0.25) is 0 Å². The lowest BCUT2D eigenvalue weighted by molar-refractivity contribution is 0.0519. The van der Waals surface area contributed by atoms with E-state index in [-0.39, 0.29) is 17.7 Å². The molecule has 1 atom stereocenters. The number of carbonyl (C=O) groups is 1. The lowest BCUT2D eigenvalue weighted by Gasteiger charge is -2.41. The molecule has 0 aliphatic carbocycles.